The van der Waals surface area contributed by atoms with E-state index in [1.165, 1.54) is 141 Å². The molecule has 9 aliphatic carbocycles. The van der Waals surface area contributed by atoms with Gasteiger partial charge in [0.1, 0.15) is 0 Å². The predicted molar refractivity (Wildman–Crippen MR) is 221 cm³/mol. The van der Waals surface area contributed by atoms with Gasteiger partial charge in [0.2, 0.25) is 0 Å². The molecule has 0 amide bonds. The highest BCUT2D eigenvalue weighted by molar-refractivity contribution is 5.12. The molecule has 0 heterocycles. The van der Waals surface area contributed by atoms with E-state index in [1.807, 2.05) is 0 Å². The van der Waals surface area contributed by atoms with Gasteiger partial charge in [-0.3, -0.25) is 9.80 Å². The second kappa shape index (κ2) is 18.0. The van der Waals surface area contributed by atoms with Gasteiger partial charge in [0.05, 0.1) is 0 Å². The molecule has 0 aromatic rings. The zero-order chi connectivity index (χ0) is 34.7. The van der Waals surface area contributed by atoms with Crippen molar-refractivity contribution in [2.45, 2.75) is 267 Å². The topological polar surface area (TPSA) is 6.48 Å². The molecule has 2 nitrogen and oxygen atoms in total. The Labute approximate surface area is 323 Å². The van der Waals surface area contributed by atoms with E-state index in [0.29, 0.717) is 0 Å². The highest BCUT2D eigenvalue weighted by Crippen LogP contribution is 2.60. The van der Waals surface area contributed by atoms with Crippen LogP contribution in [0, 0.1) is 47.3 Å². The van der Waals surface area contributed by atoms with Crippen molar-refractivity contribution in [3.63, 3.8) is 0 Å². The quantitative estimate of drug-likeness (QED) is 0.247. The first-order valence-electron chi connectivity index (χ1n) is 25.4. The van der Waals surface area contributed by atoms with E-state index < -0.39 is 0 Å². The maximum absolute atomic E-state index is 3.53. The molecule has 9 aliphatic rings. The predicted octanol–water partition coefficient (Wildman–Crippen LogP) is 13.9. The molecular weight excluding hydrogens is 629 g/mol. The van der Waals surface area contributed by atoms with Crippen molar-refractivity contribution in [1.82, 2.24) is 9.80 Å². The maximum Gasteiger partial charge on any atom is 0.0164 e. The third-order valence-electron chi connectivity index (χ3n) is 19.1. The number of rotatable bonds is 8. The van der Waals surface area contributed by atoms with Crippen molar-refractivity contribution in [3.05, 3.63) is 0 Å². The molecule has 2 heteroatoms. The average Bonchev–Trinajstić information content (AvgIpc) is 3.23. The molecule has 0 spiro atoms. The zero-order valence-electron chi connectivity index (χ0n) is 34.4. The van der Waals surface area contributed by atoms with Crippen molar-refractivity contribution in [2.75, 3.05) is 0 Å². The van der Waals surface area contributed by atoms with Gasteiger partial charge in [0.25, 0.3) is 0 Å². The van der Waals surface area contributed by atoms with Crippen LogP contribution in [0.15, 0.2) is 0 Å². The Hall–Kier alpha value is -0.0800. The van der Waals surface area contributed by atoms with Gasteiger partial charge in [0.15, 0.2) is 0 Å². The molecule has 0 bridgehead atoms. The summed E-state index contributed by atoms with van der Waals surface area (Å²) in [4.78, 5) is 7.05. The monoisotopic (exact) mass is 715 g/mol. The van der Waals surface area contributed by atoms with E-state index in [-0.39, 0.29) is 0 Å². The van der Waals surface area contributed by atoms with Gasteiger partial charge in [-0.1, -0.05) is 141 Å². The van der Waals surface area contributed by atoms with Crippen molar-refractivity contribution >= 4 is 0 Å². The number of hydrogen-bond donors (Lipinski definition) is 0. The first kappa shape index (κ1) is 37.5. The first-order chi connectivity index (χ1) is 25.8. The summed E-state index contributed by atoms with van der Waals surface area (Å²) in [6.07, 6.45) is 55.9. The van der Waals surface area contributed by atoms with E-state index in [1.54, 1.807) is 89.9 Å². The number of nitrogens with zero attached hydrogens (tertiary/aromatic N) is 2. The minimum Gasteiger partial charge on any atom is -0.294 e. The summed E-state index contributed by atoms with van der Waals surface area (Å²) in [5.74, 6) is 8.23. The van der Waals surface area contributed by atoms with Crippen LogP contribution in [-0.2, 0) is 0 Å². The lowest BCUT2D eigenvalue weighted by Gasteiger charge is -2.66. The fourth-order valence-electron chi connectivity index (χ4n) is 16.8. The van der Waals surface area contributed by atoms with Crippen molar-refractivity contribution in [2.24, 2.45) is 47.3 Å². The third kappa shape index (κ3) is 8.04. The minimum atomic E-state index is 0.915. The minimum absolute atomic E-state index is 0.915. The smallest absolute Gasteiger partial charge is 0.0164 e. The van der Waals surface area contributed by atoms with Gasteiger partial charge >= 0.3 is 0 Å². The highest BCUT2D eigenvalue weighted by Gasteiger charge is 2.59. The second-order valence-corrected chi connectivity index (χ2v) is 21.6. The lowest BCUT2D eigenvalue weighted by Crippen LogP contribution is -2.69. The Bertz CT molecular complexity index is 930. The van der Waals surface area contributed by atoms with Gasteiger partial charge in [-0.25, -0.2) is 0 Å². The molecule has 9 saturated carbocycles. The van der Waals surface area contributed by atoms with Crippen LogP contribution in [0.4, 0.5) is 0 Å². The standard InChI is InChI=1S/C50H86N2/c1-7-19-37(20-8-1)39-31-33-45-47(35-39)49(51(41-23-11-3-12-24-41)42-25-13-4-14-26-42)46-34-32-40(38-21-9-2-10-22-38)36-48(46)50(45)52(43-27-15-5-16-28-43)44-29-17-6-18-30-44/h37-50H,1-36H2. The Kier molecular flexibility index (Phi) is 13.0. The lowest BCUT2D eigenvalue weighted by atomic mass is 9.49. The van der Waals surface area contributed by atoms with Gasteiger partial charge in [-0.2, -0.15) is 0 Å². The lowest BCUT2D eigenvalue weighted by molar-refractivity contribution is -0.161. The molecule has 0 aliphatic heterocycles. The van der Waals surface area contributed by atoms with Crippen molar-refractivity contribution in [1.29, 1.82) is 0 Å². The molecule has 52 heavy (non-hydrogen) atoms. The number of hydrogen-bond acceptors (Lipinski definition) is 2. The van der Waals surface area contributed by atoms with Crippen LogP contribution >= 0.6 is 0 Å². The summed E-state index contributed by atoms with van der Waals surface area (Å²) >= 11 is 0. The molecule has 8 unspecified atom stereocenters. The molecule has 0 aromatic carbocycles. The molecule has 296 valence electrons. The van der Waals surface area contributed by atoms with E-state index in [0.717, 1.165) is 83.6 Å². The van der Waals surface area contributed by atoms with Crippen LogP contribution < -0.4 is 0 Å². The van der Waals surface area contributed by atoms with E-state index in [4.69, 9.17) is 0 Å². The molecular formula is C50H86N2. The molecule has 8 atom stereocenters. The average molecular weight is 715 g/mol. The molecule has 9 fully saturated rings. The second-order valence-electron chi connectivity index (χ2n) is 21.6. The summed E-state index contributed by atoms with van der Waals surface area (Å²) in [7, 11) is 0. The third-order valence-corrected chi connectivity index (χ3v) is 19.1. The van der Waals surface area contributed by atoms with Crippen LogP contribution in [0.2, 0.25) is 0 Å². The highest BCUT2D eigenvalue weighted by atomic mass is 15.3. The van der Waals surface area contributed by atoms with Crippen LogP contribution in [0.1, 0.15) is 231 Å². The Morgan fingerprint density at radius 3 is 0.769 bits per heavy atom. The van der Waals surface area contributed by atoms with Crippen LogP contribution in [-0.4, -0.2) is 46.1 Å². The summed E-state index contributed by atoms with van der Waals surface area (Å²) in [5, 5.41) is 0. The summed E-state index contributed by atoms with van der Waals surface area (Å²) < 4.78 is 0. The van der Waals surface area contributed by atoms with Gasteiger partial charge in [-0.15, -0.1) is 0 Å². The summed E-state index contributed by atoms with van der Waals surface area (Å²) in [6.45, 7) is 0. The Morgan fingerprint density at radius 2 is 0.481 bits per heavy atom. The summed E-state index contributed by atoms with van der Waals surface area (Å²) in [6, 6.07) is 5.51. The molecule has 0 saturated heterocycles. The van der Waals surface area contributed by atoms with Crippen LogP contribution in [0.3, 0.4) is 0 Å². The maximum atomic E-state index is 3.53. The van der Waals surface area contributed by atoms with Gasteiger partial charge < -0.3 is 0 Å². The SMILES string of the molecule is C1CCC(C2CCC3C(C2)C(N(C2CCCCC2)C2CCCCC2)C2CCC(C4CCCCC4)CC2C3N(C2CCCCC2)C2CCCCC2)CC1. The first-order valence-corrected chi connectivity index (χ1v) is 25.4. The fourth-order valence-corrected chi connectivity index (χ4v) is 16.8. The van der Waals surface area contributed by atoms with Gasteiger partial charge in [0, 0.05) is 36.3 Å². The van der Waals surface area contributed by atoms with Crippen molar-refractivity contribution < 1.29 is 0 Å². The van der Waals surface area contributed by atoms with Crippen LogP contribution in [0.25, 0.3) is 0 Å². The summed E-state index contributed by atoms with van der Waals surface area (Å²) in [5.41, 5.74) is 0. The Balaban J connectivity index is 1.13. The van der Waals surface area contributed by atoms with E-state index in [9.17, 15) is 0 Å². The molecule has 9 rings (SSSR count). The molecule has 0 aromatic heterocycles. The van der Waals surface area contributed by atoms with E-state index >= 15 is 0 Å². The fraction of sp³-hybridized carbons (Fsp3) is 1.00. The zero-order valence-corrected chi connectivity index (χ0v) is 34.4. The van der Waals surface area contributed by atoms with Crippen LogP contribution in [0.5, 0.6) is 0 Å². The largest absolute Gasteiger partial charge is 0.294 e. The van der Waals surface area contributed by atoms with Gasteiger partial charge in [-0.05, 0) is 137 Å². The normalized spacial score (nSPS) is 40.5. The van der Waals surface area contributed by atoms with E-state index in [2.05, 4.69) is 9.80 Å². The number of fused-ring (bicyclic) bond motifs is 2. The Morgan fingerprint density at radius 1 is 0.212 bits per heavy atom. The molecule has 0 N–H and O–H groups in total. The molecule has 0 radical (unpaired) electrons. The van der Waals surface area contributed by atoms with Crippen molar-refractivity contribution in [3.8, 4) is 0 Å².